The van der Waals surface area contributed by atoms with Crippen LogP contribution in [0.2, 0.25) is 0 Å². The van der Waals surface area contributed by atoms with Crippen LogP contribution < -0.4 is 0 Å². The molecule has 0 fully saturated rings. The van der Waals surface area contributed by atoms with E-state index >= 15 is 0 Å². The lowest BCUT2D eigenvalue weighted by atomic mass is 10.0. The van der Waals surface area contributed by atoms with E-state index in [0.717, 1.165) is 93.4 Å². The lowest BCUT2D eigenvalue weighted by Crippen LogP contribution is -2.04. The molecule has 14 aromatic rings. The van der Waals surface area contributed by atoms with E-state index in [9.17, 15) is 0 Å². The van der Waals surface area contributed by atoms with E-state index in [1.807, 2.05) is 42.5 Å². The molecule has 0 bridgehead atoms. The fourth-order valence-corrected chi connectivity index (χ4v) is 9.89. The Bertz CT molecular complexity index is 4230. The van der Waals surface area contributed by atoms with Gasteiger partial charge in [-0.25, -0.2) is 15.0 Å². The highest BCUT2D eigenvalue weighted by Gasteiger charge is 2.24. The molecule has 0 N–H and O–H groups in total. The van der Waals surface area contributed by atoms with Crippen molar-refractivity contribution < 1.29 is 8.83 Å². The Balaban J connectivity index is 1.13. The van der Waals surface area contributed by atoms with Gasteiger partial charge in [0.1, 0.15) is 22.3 Å². The third-order valence-electron chi connectivity index (χ3n) is 12.8. The third-order valence-corrected chi connectivity index (χ3v) is 12.8. The van der Waals surface area contributed by atoms with Crippen LogP contribution in [-0.4, -0.2) is 19.5 Å². The maximum atomic E-state index is 6.68. The molecule has 292 valence electrons. The minimum absolute atomic E-state index is 0.548. The number of rotatable bonds is 4. The van der Waals surface area contributed by atoms with Crippen molar-refractivity contribution in [1.29, 1.82) is 0 Å². The second kappa shape index (κ2) is 12.9. The van der Waals surface area contributed by atoms with Crippen molar-refractivity contribution in [2.45, 2.75) is 0 Å². The lowest BCUT2D eigenvalue weighted by molar-refractivity contribution is 0.668. The SMILES string of the molecule is c1ccc2cc(-c3nc(-c4cc5c(cc4-n4c6cc7ccccc7cc6c6c7ccccc7ccc64)oc4ccccc45)nc(-c4cccc5oc6ccccc6c45)n3)ccc2c1. The molecule has 0 spiro atoms. The Morgan fingerprint density at radius 2 is 0.921 bits per heavy atom. The summed E-state index contributed by atoms with van der Waals surface area (Å²) in [6.45, 7) is 0. The zero-order valence-corrected chi connectivity index (χ0v) is 33.6. The summed E-state index contributed by atoms with van der Waals surface area (Å²) >= 11 is 0. The van der Waals surface area contributed by atoms with Crippen LogP contribution in [0.5, 0.6) is 0 Å². The molecule has 6 nitrogen and oxygen atoms in total. The molecule has 63 heavy (non-hydrogen) atoms. The van der Waals surface area contributed by atoms with Crippen molar-refractivity contribution in [1.82, 2.24) is 19.5 Å². The molecule has 0 aliphatic carbocycles. The molecule has 6 heteroatoms. The molecule has 0 aliphatic heterocycles. The third kappa shape index (κ3) is 5.09. The van der Waals surface area contributed by atoms with Crippen LogP contribution in [0.25, 0.3) is 138 Å². The molecule has 0 saturated carbocycles. The van der Waals surface area contributed by atoms with Gasteiger partial charge >= 0.3 is 0 Å². The molecule has 0 atom stereocenters. The van der Waals surface area contributed by atoms with Gasteiger partial charge in [-0.15, -0.1) is 0 Å². The highest BCUT2D eigenvalue weighted by Crippen LogP contribution is 2.44. The van der Waals surface area contributed by atoms with Gasteiger partial charge in [0.25, 0.3) is 0 Å². The first kappa shape index (κ1) is 34.1. The van der Waals surface area contributed by atoms with Crippen LogP contribution in [0.15, 0.2) is 203 Å². The highest BCUT2D eigenvalue weighted by molar-refractivity contribution is 6.24. The average molecular weight is 805 g/mol. The molecule has 0 amide bonds. The van der Waals surface area contributed by atoms with E-state index in [4.69, 9.17) is 23.8 Å². The number of hydrogen-bond acceptors (Lipinski definition) is 5. The fraction of sp³-hybridized carbons (Fsp3) is 0. The standard InChI is InChI=1S/C57H32N4O2/c1-2-14-35-28-38(25-24-33(35)12-1)55-58-56(42-20-11-23-51-54(42)41-19-8-10-22-50(41)62-51)60-57(59-55)45-31-43-40-18-7-9-21-49(40)63-52(43)32-48(45)61-46-27-26-34-13-5-6-17-39(34)53(46)44-29-36-15-3-4-16-37(36)30-47(44)61/h1-32H. The Morgan fingerprint density at radius 1 is 0.317 bits per heavy atom. The maximum Gasteiger partial charge on any atom is 0.166 e. The second-order valence-corrected chi connectivity index (χ2v) is 16.3. The number of para-hydroxylation sites is 2. The Morgan fingerprint density at radius 3 is 1.75 bits per heavy atom. The smallest absolute Gasteiger partial charge is 0.166 e. The van der Waals surface area contributed by atoms with Crippen molar-refractivity contribution in [2.75, 3.05) is 0 Å². The van der Waals surface area contributed by atoms with Crippen LogP contribution in [0, 0.1) is 0 Å². The van der Waals surface area contributed by atoms with Gasteiger partial charge in [0.05, 0.1) is 16.7 Å². The number of fused-ring (bicyclic) bond motifs is 13. The Hall–Kier alpha value is -8.61. The zero-order chi connectivity index (χ0) is 41.2. The van der Waals surface area contributed by atoms with Gasteiger partial charge in [-0.2, -0.15) is 0 Å². The van der Waals surface area contributed by atoms with Crippen molar-refractivity contribution >= 4 is 98.0 Å². The molecule has 4 heterocycles. The quantitative estimate of drug-likeness (QED) is 0.177. The minimum atomic E-state index is 0.548. The molecule has 0 aliphatic rings. The van der Waals surface area contributed by atoms with Crippen LogP contribution >= 0.6 is 0 Å². The molecule has 4 aromatic heterocycles. The first-order valence-electron chi connectivity index (χ1n) is 21.2. The first-order chi connectivity index (χ1) is 31.2. The monoisotopic (exact) mass is 804 g/mol. The molecular weight excluding hydrogens is 773 g/mol. The summed E-state index contributed by atoms with van der Waals surface area (Å²) in [5.74, 6) is 1.68. The average Bonchev–Trinajstić information content (AvgIpc) is 4.01. The lowest BCUT2D eigenvalue weighted by Gasteiger charge is -2.16. The predicted octanol–water partition coefficient (Wildman–Crippen LogP) is 15.2. The predicted molar refractivity (Wildman–Crippen MR) is 258 cm³/mol. The Labute approximate surface area is 358 Å². The van der Waals surface area contributed by atoms with E-state index in [-0.39, 0.29) is 0 Å². The normalized spacial score (nSPS) is 12.1. The van der Waals surface area contributed by atoms with Gasteiger partial charge in [0, 0.05) is 55.1 Å². The highest BCUT2D eigenvalue weighted by atomic mass is 16.3. The summed E-state index contributed by atoms with van der Waals surface area (Å²) in [7, 11) is 0. The van der Waals surface area contributed by atoms with E-state index in [2.05, 4.69) is 156 Å². The van der Waals surface area contributed by atoms with Crippen molar-refractivity contribution in [3.05, 3.63) is 194 Å². The maximum absolute atomic E-state index is 6.68. The van der Waals surface area contributed by atoms with E-state index < -0.39 is 0 Å². The van der Waals surface area contributed by atoms with Gasteiger partial charge < -0.3 is 13.4 Å². The van der Waals surface area contributed by atoms with Gasteiger partial charge in [0.15, 0.2) is 17.5 Å². The minimum Gasteiger partial charge on any atom is -0.456 e. The van der Waals surface area contributed by atoms with E-state index in [1.54, 1.807) is 0 Å². The molecule has 0 radical (unpaired) electrons. The molecule has 14 rings (SSSR count). The zero-order valence-electron chi connectivity index (χ0n) is 33.6. The number of furan rings is 2. The van der Waals surface area contributed by atoms with Gasteiger partial charge in [-0.1, -0.05) is 140 Å². The summed E-state index contributed by atoms with van der Waals surface area (Å²) < 4.78 is 15.5. The van der Waals surface area contributed by atoms with Gasteiger partial charge in [-0.3, -0.25) is 0 Å². The molecule has 0 unspecified atom stereocenters. The van der Waals surface area contributed by atoms with Crippen molar-refractivity contribution in [3.8, 4) is 39.9 Å². The summed E-state index contributed by atoms with van der Waals surface area (Å²) in [6, 6.07) is 68.1. The van der Waals surface area contributed by atoms with Crippen LogP contribution in [0.1, 0.15) is 0 Å². The molecular formula is C57H32N4O2. The van der Waals surface area contributed by atoms with Crippen molar-refractivity contribution in [3.63, 3.8) is 0 Å². The van der Waals surface area contributed by atoms with E-state index in [1.165, 1.54) is 26.9 Å². The first-order valence-corrected chi connectivity index (χ1v) is 21.2. The fourth-order valence-electron chi connectivity index (χ4n) is 9.89. The topological polar surface area (TPSA) is 69.9 Å². The summed E-state index contributed by atoms with van der Waals surface area (Å²) in [5, 5.41) is 13.3. The van der Waals surface area contributed by atoms with Gasteiger partial charge in [0.2, 0.25) is 0 Å². The Kier molecular flexibility index (Phi) is 7.02. The number of aromatic nitrogens is 4. The van der Waals surface area contributed by atoms with Crippen LogP contribution in [0.4, 0.5) is 0 Å². The molecule has 10 aromatic carbocycles. The number of hydrogen-bond donors (Lipinski definition) is 0. The van der Waals surface area contributed by atoms with Crippen LogP contribution in [-0.2, 0) is 0 Å². The van der Waals surface area contributed by atoms with E-state index in [0.29, 0.717) is 17.5 Å². The summed E-state index contributed by atoms with van der Waals surface area (Å²) in [6.07, 6.45) is 0. The second-order valence-electron chi connectivity index (χ2n) is 16.3. The summed E-state index contributed by atoms with van der Waals surface area (Å²) in [4.78, 5) is 16.3. The summed E-state index contributed by atoms with van der Waals surface area (Å²) in [5.41, 5.74) is 8.87. The number of benzene rings is 10. The van der Waals surface area contributed by atoms with Crippen molar-refractivity contribution in [2.24, 2.45) is 0 Å². The number of nitrogens with zero attached hydrogens (tertiary/aromatic N) is 4. The largest absolute Gasteiger partial charge is 0.456 e. The molecule has 0 saturated heterocycles. The van der Waals surface area contributed by atoms with Gasteiger partial charge in [-0.05, 0) is 80.8 Å². The van der Waals surface area contributed by atoms with Crippen LogP contribution in [0.3, 0.4) is 0 Å².